The number of ketones is 1. The Morgan fingerprint density at radius 1 is 1.29 bits per heavy atom. The van der Waals surface area contributed by atoms with Crippen molar-refractivity contribution in [2.24, 2.45) is 7.05 Å². The van der Waals surface area contributed by atoms with Gasteiger partial charge in [0.25, 0.3) is 0 Å². The lowest BCUT2D eigenvalue weighted by Crippen LogP contribution is -2.05. The topological polar surface area (TPSA) is 95.9 Å². The van der Waals surface area contributed by atoms with E-state index in [4.69, 9.17) is 4.74 Å². The minimum atomic E-state index is -0.508. The number of hydrogen-bond acceptors (Lipinski definition) is 6. The Morgan fingerprint density at radius 2 is 1.96 bits per heavy atom. The van der Waals surface area contributed by atoms with Gasteiger partial charge in [0.15, 0.2) is 5.78 Å². The van der Waals surface area contributed by atoms with Gasteiger partial charge in [0.1, 0.15) is 17.0 Å². The minimum absolute atomic E-state index is 0.0151. The van der Waals surface area contributed by atoms with Crippen LogP contribution < -0.4 is 0 Å². The van der Waals surface area contributed by atoms with E-state index in [1.807, 2.05) is 37.6 Å². The number of allylic oxidation sites excluding steroid dienone is 1. The summed E-state index contributed by atoms with van der Waals surface area (Å²) in [6.45, 7) is 7.45. The summed E-state index contributed by atoms with van der Waals surface area (Å²) in [5.41, 5.74) is 3.60. The van der Waals surface area contributed by atoms with Crippen molar-refractivity contribution in [3.63, 3.8) is 0 Å². The summed E-state index contributed by atoms with van der Waals surface area (Å²) in [6.07, 6.45) is 1.46. The predicted octanol–water partition coefficient (Wildman–Crippen LogP) is 3.78. The first-order valence-corrected chi connectivity index (χ1v) is 9.54. The monoisotopic (exact) mass is 395 g/mol. The molecule has 0 aliphatic carbocycles. The van der Waals surface area contributed by atoms with Gasteiger partial charge in [-0.1, -0.05) is 0 Å². The first-order valence-electron chi connectivity index (χ1n) is 8.72. The van der Waals surface area contributed by atoms with Gasteiger partial charge in [-0.25, -0.2) is 4.79 Å². The number of esters is 1. The molecule has 0 N–H and O–H groups in total. The fraction of sp³-hybridized carbons (Fsp3) is 0.333. The molecule has 0 fully saturated rings. The van der Waals surface area contributed by atoms with Crippen LogP contribution in [0.4, 0.5) is 0 Å². The number of nitriles is 2. The zero-order valence-corrected chi connectivity index (χ0v) is 17.4. The van der Waals surface area contributed by atoms with Crippen LogP contribution in [-0.2, 0) is 23.0 Å². The van der Waals surface area contributed by atoms with E-state index in [1.165, 1.54) is 0 Å². The average Bonchev–Trinajstić information content (AvgIpc) is 3.10. The number of rotatable bonds is 6. The fourth-order valence-electron chi connectivity index (χ4n) is 2.84. The van der Waals surface area contributed by atoms with E-state index >= 15 is 0 Å². The molecule has 0 spiro atoms. The van der Waals surface area contributed by atoms with E-state index in [-0.39, 0.29) is 18.6 Å². The molecule has 2 aromatic rings. The van der Waals surface area contributed by atoms with E-state index in [9.17, 15) is 20.1 Å². The number of carbonyl (C=O) groups excluding carboxylic acids is 2. The summed E-state index contributed by atoms with van der Waals surface area (Å²) < 4.78 is 6.99. The molecule has 2 rings (SSSR count). The van der Waals surface area contributed by atoms with Crippen LogP contribution in [0.2, 0.25) is 0 Å². The van der Waals surface area contributed by atoms with Gasteiger partial charge in [-0.05, 0) is 51.0 Å². The first kappa shape index (κ1) is 21.1. The van der Waals surface area contributed by atoms with E-state index in [0.29, 0.717) is 20.9 Å². The van der Waals surface area contributed by atoms with Crippen LogP contribution in [0, 0.1) is 43.4 Å². The molecular formula is C21H21N3O3S. The highest BCUT2D eigenvalue weighted by atomic mass is 32.1. The molecule has 0 atom stereocenters. The molecule has 0 aliphatic heterocycles. The second-order valence-electron chi connectivity index (χ2n) is 6.34. The summed E-state index contributed by atoms with van der Waals surface area (Å²) in [5, 5.41) is 18.9. The fourth-order valence-corrected chi connectivity index (χ4v) is 3.99. The largest absolute Gasteiger partial charge is 0.462 e. The molecule has 2 aromatic heterocycles. The Bertz CT molecular complexity index is 1060. The number of ether oxygens (including phenoxy) is 1. The molecule has 0 radical (unpaired) electrons. The number of thiophene rings is 1. The third kappa shape index (κ3) is 4.05. The van der Waals surface area contributed by atoms with Crippen LogP contribution in [0.1, 0.15) is 49.6 Å². The van der Waals surface area contributed by atoms with Crippen LogP contribution in [0.5, 0.6) is 0 Å². The summed E-state index contributed by atoms with van der Waals surface area (Å²) >= 11 is 1.07. The number of hydrogen-bond donors (Lipinski definition) is 0. The Hall–Kier alpha value is -3.16. The van der Waals surface area contributed by atoms with Gasteiger partial charge in [-0.15, -0.1) is 11.3 Å². The average molecular weight is 395 g/mol. The van der Waals surface area contributed by atoms with Crippen molar-refractivity contribution in [1.82, 2.24) is 4.57 Å². The normalized spacial score (nSPS) is 11.0. The van der Waals surface area contributed by atoms with Crippen molar-refractivity contribution in [1.29, 1.82) is 10.5 Å². The number of carbonyl (C=O) groups is 2. The molecule has 0 amide bonds. The first-order chi connectivity index (χ1) is 13.2. The highest BCUT2D eigenvalue weighted by Gasteiger charge is 2.23. The molecule has 0 saturated carbocycles. The number of Topliss-reactive ketones (excluding diaryl/α,β-unsaturated/α-hetero) is 1. The molecule has 0 bridgehead atoms. The van der Waals surface area contributed by atoms with Crippen LogP contribution in [0.3, 0.4) is 0 Å². The smallest absolute Gasteiger partial charge is 0.348 e. The molecule has 0 aromatic carbocycles. The number of aryl methyl sites for hydroxylation is 1. The molecule has 6 nitrogen and oxygen atoms in total. The van der Waals surface area contributed by atoms with Crippen molar-refractivity contribution in [2.45, 2.75) is 34.1 Å². The predicted molar refractivity (Wildman–Crippen MR) is 107 cm³/mol. The van der Waals surface area contributed by atoms with Crippen molar-refractivity contribution < 1.29 is 14.3 Å². The van der Waals surface area contributed by atoms with Gasteiger partial charge in [0.2, 0.25) is 0 Å². The zero-order chi connectivity index (χ0) is 21.0. The molecule has 7 heteroatoms. The van der Waals surface area contributed by atoms with E-state index in [0.717, 1.165) is 28.3 Å². The highest BCUT2D eigenvalue weighted by Crippen LogP contribution is 2.30. The Labute approximate surface area is 168 Å². The quantitative estimate of drug-likeness (QED) is 0.421. The summed E-state index contributed by atoms with van der Waals surface area (Å²) in [7, 11) is 1.92. The van der Waals surface area contributed by atoms with E-state index in [1.54, 1.807) is 19.9 Å². The maximum Gasteiger partial charge on any atom is 0.348 e. The number of aromatic nitrogens is 1. The minimum Gasteiger partial charge on any atom is -0.462 e. The molecule has 0 aliphatic rings. The molecule has 0 saturated heterocycles. The van der Waals surface area contributed by atoms with Crippen molar-refractivity contribution in [3.8, 4) is 12.1 Å². The maximum absolute atomic E-state index is 12.7. The number of nitrogens with zero attached hydrogens (tertiary/aromatic N) is 3. The van der Waals surface area contributed by atoms with Gasteiger partial charge < -0.3 is 9.30 Å². The van der Waals surface area contributed by atoms with E-state index < -0.39 is 11.8 Å². The second kappa shape index (κ2) is 8.69. The highest BCUT2D eigenvalue weighted by molar-refractivity contribution is 7.14. The summed E-state index contributed by atoms with van der Waals surface area (Å²) in [6, 6.07) is 5.93. The van der Waals surface area contributed by atoms with Crippen LogP contribution in [0.15, 0.2) is 11.6 Å². The van der Waals surface area contributed by atoms with Crippen molar-refractivity contribution >= 4 is 29.2 Å². The van der Waals surface area contributed by atoms with Gasteiger partial charge in [-0.3, -0.25) is 4.79 Å². The molecular weight excluding hydrogens is 374 g/mol. The van der Waals surface area contributed by atoms with Crippen molar-refractivity contribution in [3.05, 3.63) is 49.5 Å². The second-order valence-corrected chi connectivity index (χ2v) is 7.45. The lowest BCUT2D eigenvalue weighted by atomic mass is 10.0. The van der Waals surface area contributed by atoms with Gasteiger partial charge >= 0.3 is 5.97 Å². The molecule has 2 heterocycles. The Morgan fingerprint density at radius 3 is 2.46 bits per heavy atom. The Balaban J connectivity index is 2.38. The van der Waals surface area contributed by atoms with Gasteiger partial charge in [0, 0.05) is 29.7 Å². The third-order valence-electron chi connectivity index (χ3n) is 4.65. The third-order valence-corrected chi connectivity index (χ3v) is 5.92. The lowest BCUT2D eigenvalue weighted by Gasteiger charge is -2.01. The Kier molecular flexibility index (Phi) is 6.56. The van der Waals surface area contributed by atoms with Gasteiger partial charge in [0.05, 0.1) is 17.7 Å². The SMILES string of the molecule is CCOC(=O)c1sc(CC(=O)/C(C#N)=C/c2cc(C)n(C)c2C)c(C#N)c1C. The molecule has 28 heavy (non-hydrogen) atoms. The van der Waals surface area contributed by atoms with Crippen LogP contribution >= 0.6 is 11.3 Å². The molecule has 144 valence electrons. The summed E-state index contributed by atoms with van der Waals surface area (Å²) in [4.78, 5) is 25.6. The van der Waals surface area contributed by atoms with Crippen LogP contribution in [0.25, 0.3) is 6.08 Å². The maximum atomic E-state index is 12.7. The standard InChI is InChI=1S/C21H21N3O3S/c1-6-27-21(26)20-13(3)17(11-23)19(28-20)9-18(25)16(10-22)8-15-7-12(2)24(5)14(15)4/h7-8H,6,9H2,1-5H3/b16-8+. The van der Waals surface area contributed by atoms with Gasteiger partial charge in [-0.2, -0.15) is 10.5 Å². The van der Waals surface area contributed by atoms with Crippen LogP contribution in [-0.4, -0.2) is 22.9 Å². The summed E-state index contributed by atoms with van der Waals surface area (Å²) in [5.74, 6) is -0.900. The molecule has 0 unspecified atom stereocenters. The zero-order valence-electron chi connectivity index (χ0n) is 16.5. The van der Waals surface area contributed by atoms with Crippen molar-refractivity contribution in [2.75, 3.05) is 6.61 Å². The lowest BCUT2D eigenvalue weighted by molar-refractivity contribution is -0.114. The van der Waals surface area contributed by atoms with E-state index in [2.05, 4.69) is 6.07 Å².